The second-order valence-corrected chi connectivity index (χ2v) is 40.8. The van der Waals surface area contributed by atoms with E-state index in [1.165, 1.54) is 45.0 Å². The molecule has 26 nitrogen and oxygen atoms in total. The number of halogens is 7. The van der Waals surface area contributed by atoms with Gasteiger partial charge in [-0.3, -0.25) is 14.4 Å². The monoisotopic (exact) mass is 1980 g/mol. The van der Waals surface area contributed by atoms with Gasteiger partial charge in [0.05, 0.1) is 66.1 Å². The first-order chi connectivity index (χ1) is 61.5. The SMILES string of the molecule is CCOc1ccc2cc3c(nc2c1)O[C@H]1CN(C(=O)[C@H](C(C)(C)C)NC(=O)O[C@]2(C)C[C@H]2CCCCC3(F)F)[C@H]([C-]=O)[C@@H]1C.CCOc1ccc2cc3c(nc2c1)O[C@H]1CN(C(=O)[C@H](C(C)(C)C)NC(=O)O[C@]2(C)C[C@H]2CCCCC3(F)F)[C@H]([C-]=O)[C@@H]1CC.C[C@@H]1[C@@H]2CN(C(=O)[C@H](C(C)(C)C)NC(=O)O[C@]3(C)C[C@H]3CCCCC(F)(F)c3cc4ccc(F)cc4nc3O2)[C@@H]1[C-]=O.[V].[V].[V]. The first-order valence-electron chi connectivity index (χ1n) is 45.9. The predicted molar refractivity (Wildman–Crippen MR) is 472 cm³/mol. The van der Waals surface area contributed by atoms with E-state index in [0.717, 1.165) is 6.07 Å². The molecule has 3 saturated carbocycles. The van der Waals surface area contributed by atoms with Crippen molar-refractivity contribution in [3.8, 4) is 29.1 Å². The molecule has 18 atom stereocenters. The van der Waals surface area contributed by atoms with E-state index in [9.17, 15) is 47.5 Å². The summed E-state index contributed by atoms with van der Waals surface area (Å²) in [4.78, 5) is 135. The van der Waals surface area contributed by atoms with E-state index in [2.05, 4.69) is 30.9 Å². The summed E-state index contributed by atoms with van der Waals surface area (Å²) < 4.78 is 157. The normalized spacial score (nSPS) is 30.5. The minimum atomic E-state index is -3.32. The standard InChI is InChI=1S/C34H44F2N3O6.C33H42F2N3O6.C31H37F3N3O5.3V/c1-7-23-26(19-40)39-18-27(23)44-29-24(15-20-12-13-22(43-8-2)16-25(20)37-29)34(35,36)14-10-9-11-21-17-33(21,6)45-31(42)38-28(30(39)41)32(3,4)5;1-7-42-22-12-11-20-14-23-28(36-24(20)15-22)43-26-17-38(25(18-39)19(26)2)29(40)27(31(3,4)5)37-30(41)44-32(6)16-21(32)10-8-9-13-33(23,34)35;1-17-23(16-38)37-15-24(17)41-26-21(12-18-9-10-20(32)13-22(18)35-26)31(33,34)11-7-6-8-19-14-30(19,5)42-28(40)36-25(27(37)39)29(2,3)4;;;/h12-13,15-16,21,23,26-28H,7-11,14,17-18H2,1-6H3,(H,38,42);11-12,14-15,19,21,25-27H,7-10,13,16-17H2,1-6H3,(H,37,41);9-10,12-13,17,19,23-25H,6-8,11,14-15H2,1-5H3,(H,36,40);;;/q3*-1;;;/t21-,23+,26-,27+,28-,33-;19-,21+,25+,26-,27+,32+;17-,19+,23+,24-,25+,30+;;;/m100.../s1. The van der Waals surface area contributed by atoms with E-state index < -0.39 is 190 Å². The average Bonchev–Trinajstić information content (AvgIpc) is 1.36. The minimum Gasteiger partial charge on any atom is -0.540 e. The summed E-state index contributed by atoms with van der Waals surface area (Å²) in [6, 6.07) is 11.8. The fourth-order valence-electron chi connectivity index (χ4n) is 19.3. The van der Waals surface area contributed by atoms with Crippen LogP contribution in [0.4, 0.5) is 45.1 Å². The number of nitrogens with one attached hydrogen (secondary N) is 3. The van der Waals surface area contributed by atoms with Crippen LogP contribution in [-0.2, 0) is 116 Å². The summed E-state index contributed by atoms with van der Waals surface area (Å²) in [7, 11) is 0. The third kappa shape index (κ3) is 23.8. The first-order valence-corrected chi connectivity index (χ1v) is 45.9. The van der Waals surface area contributed by atoms with Gasteiger partial charge in [0.2, 0.25) is 35.4 Å². The number of alkyl carbamates (subject to hydrolysis) is 3. The molecule has 9 heterocycles. The van der Waals surface area contributed by atoms with Crippen molar-refractivity contribution < 1.29 is 167 Å². The maximum absolute atomic E-state index is 16.1. The van der Waals surface area contributed by atoms with Gasteiger partial charge in [-0.1, -0.05) is 127 Å². The van der Waals surface area contributed by atoms with Crippen LogP contribution in [0.15, 0.2) is 72.8 Å². The number of ether oxygens (including phenoxy) is 8. The number of rotatable bonds is 8. The molecule has 3 aliphatic carbocycles. The largest absolute Gasteiger partial charge is 0.540 e. The molecule has 3 radical (unpaired) electrons. The molecule has 6 amide bonds. The summed E-state index contributed by atoms with van der Waals surface area (Å²) in [5.74, 6) is -13.3. The number of nitrogens with zero attached hydrogens (tertiary/aromatic N) is 6. The van der Waals surface area contributed by atoms with Crippen molar-refractivity contribution in [2.45, 2.75) is 310 Å². The van der Waals surface area contributed by atoms with Crippen LogP contribution in [0.3, 0.4) is 0 Å². The molecule has 134 heavy (non-hydrogen) atoms. The number of hydrogen-bond donors (Lipinski definition) is 3. The van der Waals surface area contributed by atoms with Gasteiger partial charge in [-0.2, -0.15) is 0 Å². The van der Waals surface area contributed by atoms with Crippen molar-refractivity contribution in [2.75, 3.05) is 32.8 Å². The van der Waals surface area contributed by atoms with Crippen LogP contribution < -0.4 is 39.6 Å². The molecule has 0 spiro atoms. The van der Waals surface area contributed by atoms with Crippen LogP contribution >= 0.6 is 0 Å². The molecule has 36 heteroatoms. The Kier molecular flexibility index (Phi) is 33.7. The Morgan fingerprint density at radius 3 is 1.04 bits per heavy atom. The maximum atomic E-state index is 16.1. The number of aromatic nitrogens is 3. The van der Waals surface area contributed by atoms with E-state index >= 15 is 26.3 Å². The Bertz CT molecular complexity index is 5300. The van der Waals surface area contributed by atoms with Crippen molar-refractivity contribution in [1.82, 2.24) is 45.6 Å². The molecule has 6 bridgehead atoms. The molecule has 0 unspecified atom stereocenters. The Morgan fingerprint density at radius 2 is 0.731 bits per heavy atom. The Labute approximate surface area is 814 Å². The zero-order chi connectivity index (χ0) is 95.4. The van der Waals surface area contributed by atoms with Crippen LogP contribution in [0.2, 0.25) is 0 Å². The first kappa shape index (κ1) is 107. The number of amides is 6. The summed E-state index contributed by atoms with van der Waals surface area (Å²) in [5.41, 5.74) is -4.50. The second kappa shape index (κ2) is 42.0. The average molecular weight is 1980 g/mol. The number of carbonyl (C=O) groups excluding carboxylic acids is 9. The van der Waals surface area contributed by atoms with Gasteiger partial charge in [-0.05, 0) is 181 Å². The topological polar surface area (TPSA) is 312 Å². The molecule has 15 rings (SSSR count). The van der Waals surface area contributed by atoms with Crippen molar-refractivity contribution in [3.63, 3.8) is 0 Å². The quantitative estimate of drug-likeness (QED) is 0.0724. The van der Waals surface area contributed by atoms with E-state index in [1.54, 1.807) is 98.7 Å². The molecule has 6 aromatic rings. The number of benzene rings is 3. The van der Waals surface area contributed by atoms with E-state index in [1.807, 2.05) is 74.2 Å². The van der Waals surface area contributed by atoms with Gasteiger partial charge < -0.3 is 82.9 Å². The Hall–Kier alpha value is -8.62. The van der Waals surface area contributed by atoms with Gasteiger partial charge in [0.15, 0.2) is 0 Å². The van der Waals surface area contributed by atoms with Crippen molar-refractivity contribution in [1.29, 1.82) is 0 Å². The summed E-state index contributed by atoms with van der Waals surface area (Å²) in [6.07, 6.45) is 6.20. The fourth-order valence-corrected chi connectivity index (χ4v) is 19.3. The van der Waals surface area contributed by atoms with Gasteiger partial charge in [0, 0.05) is 127 Å². The van der Waals surface area contributed by atoms with E-state index in [-0.39, 0.29) is 147 Å². The van der Waals surface area contributed by atoms with Crippen LogP contribution in [0.25, 0.3) is 32.7 Å². The van der Waals surface area contributed by atoms with Gasteiger partial charge in [-0.15, -0.1) is 0 Å². The molecule has 3 N–H and O–H groups in total. The van der Waals surface area contributed by atoms with Gasteiger partial charge in [-0.25, -0.2) is 78.9 Å². The predicted octanol–water partition coefficient (Wildman–Crippen LogP) is 17.9. The number of alkyl halides is 6. The Morgan fingerprint density at radius 1 is 0.433 bits per heavy atom. The zero-order valence-corrected chi connectivity index (χ0v) is 83.2. The van der Waals surface area contributed by atoms with Crippen LogP contribution in [0.5, 0.6) is 29.1 Å². The number of pyridine rings is 3. The van der Waals surface area contributed by atoms with Crippen molar-refractivity contribution >= 4 is 87.6 Å². The van der Waals surface area contributed by atoms with Crippen LogP contribution in [0, 0.1) is 57.6 Å². The van der Waals surface area contributed by atoms with Crippen LogP contribution in [0.1, 0.15) is 237 Å². The smallest absolute Gasteiger partial charge is 0.408 e. The number of fused-ring (bicyclic) bond motifs is 15. The number of carbonyl (C=O) groups is 6. The minimum absolute atomic E-state index is 0. The van der Waals surface area contributed by atoms with E-state index in [4.69, 9.17) is 37.9 Å². The third-order valence-corrected chi connectivity index (χ3v) is 27.8. The maximum Gasteiger partial charge on any atom is 0.408 e. The summed E-state index contributed by atoms with van der Waals surface area (Å²) >= 11 is 0. The molecule has 9 aliphatic rings. The molecular formula is C98H123F7N9O17V3-3. The molecule has 6 fully saturated rings. The fraction of sp³-hybridized carbons (Fsp3) is 0.633. The zero-order valence-electron chi connectivity index (χ0n) is 79.0. The molecular weight excluding hydrogens is 1860 g/mol. The van der Waals surface area contributed by atoms with Crippen LogP contribution in [-0.4, -0.2) is 189 Å². The molecule has 6 aliphatic heterocycles. The molecule has 729 valence electrons. The van der Waals surface area contributed by atoms with Crippen molar-refractivity contribution in [3.05, 3.63) is 95.3 Å². The summed E-state index contributed by atoms with van der Waals surface area (Å²) in [6.45, 7) is 31.2. The molecule has 3 aromatic carbocycles. The van der Waals surface area contributed by atoms with Crippen molar-refractivity contribution in [2.24, 2.45) is 51.8 Å². The molecule has 3 aromatic heterocycles. The third-order valence-electron chi connectivity index (χ3n) is 27.8. The molecule has 3 saturated heterocycles. The van der Waals surface area contributed by atoms with Gasteiger partial charge >= 0.3 is 18.3 Å². The Balaban J connectivity index is 0.000000206. The van der Waals surface area contributed by atoms with E-state index in [0.29, 0.717) is 116 Å². The number of hydrogen-bond acceptors (Lipinski definition) is 20. The van der Waals surface area contributed by atoms with Gasteiger partial charge in [0.1, 0.15) is 70.6 Å². The summed E-state index contributed by atoms with van der Waals surface area (Å²) in [5, 5.41) is 9.61. The van der Waals surface area contributed by atoms with Gasteiger partial charge in [0.25, 0.3) is 17.8 Å². The second-order valence-electron chi connectivity index (χ2n) is 40.8.